The van der Waals surface area contributed by atoms with Gasteiger partial charge in [-0.3, -0.25) is 4.79 Å². The molecule has 2 fully saturated rings. The lowest BCUT2D eigenvalue weighted by Gasteiger charge is -2.32. The number of rotatable bonds is 7. The first-order chi connectivity index (χ1) is 26.3. The van der Waals surface area contributed by atoms with Gasteiger partial charge in [0.05, 0.1) is 22.4 Å². The largest absolute Gasteiger partial charge is 0.495 e. The Bertz CT molecular complexity index is 2050. The zero-order valence-electron chi connectivity index (χ0n) is 34.0. The number of aliphatic hydroxyl groups excluding tert-OH is 2. The minimum Gasteiger partial charge on any atom is -0.479 e. The summed E-state index contributed by atoms with van der Waals surface area (Å²) in [6.07, 6.45) is -3.11. The first-order valence-electron chi connectivity index (χ1n) is 18.4. The maximum atomic E-state index is 13.3. The smallest absolute Gasteiger partial charge is 0.479 e. The first kappa shape index (κ1) is 45.1. The van der Waals surface area contributed by atoms with Crippen LogP contribution in [0.15, 0.2) is 84.9 Å². The molecule has 0 aliphatic carbocycles. The minimum absolute atomic E-state index is 0.0440. The molecule has 304 valence electrons. The molecule has 2 heterocycles. The Morgan fingerprint density at radius 1 is 0.632 bits per heavy atom. The van der Waals surface area contributed by atoms with Crippen LogP contribution in [-0.2, 0) is 28.2 Å². The molecule has 0 aromatic heterocycles. The number of amides is 1. The zero-order chi connectivity index (χ0) is 42.7. The predicted octanol–water partition coefficient (Wildman–Crippen LogP) is 5.93. The lowest BCUT2D eigenvalue weighted by molar-refractivity contribution is -0.147. The molecule has 1 amide bonds. The number of carboxylic acids is 1. The number of hydrogen-bond acceptors (Lipinski definition) is 9. The summed E-state index contributed by atoms with van der Waals surface area (Å²) < 4.78 is 50.0. The topological polar surface area (TPSA) is 170 Å². The van der Waals surface area contributed by atoms with Crippen LogP contribution in [0.5, 0.6) is 0 Å². The van der Waals surface area contributed by atoms with E-state index in [1.165, 1.54) is 36.4 Å². The summed E-state index contributed by atoms with van der Waals surface area (Å²) in [4.78, 5) is 22.6. The van der Waals surface area contributed by atoms with E-state index in [0.29, 0.717) is 5.69 Å². The molecule has 0 radical (unpaired) electrons. The summed E-state index contributed by atoms with van der Waals surface area (Å²) in [6, 6.07) is 21.4. The predicted molar refractivity (Wildman–Crippen MR) is 217 cm³/mol. The fraction of sp³-hybridized carbons (Fsp3) is 0.381. The average molecular weight is 789 g/mol. The molecular formula is C42H52B2F2N2O9. The van der Waals surface area contributed by atoms with Crippen LogP contribution in [0.25, 0.3) is 0 Å². The summed E-state index contributed by atoms with van der Waals surface area (Å²) in [5.41, 5.74) is 9.72. The van der Waals surface area contributed by atoms with Crippen molar-refractivity contribution >= 4 is 48.4 Å². The van der Waals surface area contributed by atoms with Crippen molar-refractivity contribution in [2.75, 3.05) is 11.1 Å². The number of hydrogen-bond donors (Lipinski definition) is 5. The van der Waals surface area contributed by atoms with Gasteiger partial charge in [-0.25, -0.2) is 13.6 Å². The van der Waals surface area contributed by atoms with E-state index in [-0.39, 0.29) is 29.4 Å². The summed E-state index contributed by atoms with van der Waals surface area (Å²) in [7, 11) is -0.798. The highest BCUT2D eigenvalue weighted by molar-refractivity contribution is 6.63. The summed E-state index contributed by atoms with van der Waals surface area (Å²) in [5.74, 6) is -3.09. The van der Waals surface area contributed by atoms with Gasteiger partial charge >= 0.3 is 20.2 Å². The van der Waals surface area contributed by atoms with E-state index >= 15 is 0 Å². The van der Waals surface area contributed by atoms with E-state index in [9.17, 15) is 23.5 Å². The number of nitrogens with two attached hydrogens (primary N) is 1. The molecule has 0 saturated carbocycles. The molecule has 11 nitrogen and oxygen atoms in total. The molecule has 2 saturated heterocycles. The van der Waals surface area contributed by atoms with Gasteiger partial charge in [-0.15, -0.1) is 0 Å². The number of aryl methyl sites for hydroxylation is 2. The fourth-order valence-corrected chi connectivity index (χ4v) is 5.78. The number of benzene rings is 4. The third kappa shape index (κ3) is 10.9. The quantitative estimate of drug-likeness (QED) is 0.112. The molecule has 0 bridgehead atoms. The monoisotopic (exact) mass is 788 g/mol. The van der Waals surface area contributed by atoms with Gasteiger partial charge in [0.2, 0.25) is 0 Å². The second kappa shape index (κ2) is 17.5. The second-order valence-electron chi connectivity index (χ2n) is 16.1. The van der Waals surface area contributed by atoms with Gasteiger partial charge in [0.15, 0.2) is 12.2 Å². The van der Waals surface area contributed by atoms with Gasteiger partial charge in [-0.1, -0.05) is 36.4 Å². The molecule has 2 atom stereocenters. The highest BCUT2D eigenvalue weighted by Gasteiger charge is 2.53. The number of aliphatic hydroxyl groups is 2. The number of nitrogens with one attached hydrogen (secondary N) is 1. The van der Waals surface area contributed by atoms with Crippen molar-refractivity contribution in [3.63, 3.8) is 0 Å². The highest BCUT2D eigenvalue weighted by Crippen LogP contribution is 2.38. The molecule has 2 aliphatic rings. The molecule has 6 rings (SSSR count). The van der Waals surface area contributed by atoms with Crippen LogP contribution in [-0.4, -0.2) is 63.8 Å². The number of aliphatic carboxylic acids is 1. The molecule has 2 aliphatic heterocycles. The standard InChI is InChI=1S/C21H25BFNO4.C13H20BNO2.C8H7FO3/c1-13-11-16(24-19(26)18(25)14-7-6-8-15(23)12-14)9-10-17(13)22-27-20(2,3)21(4,5)28-22;1-9-8-10(15)6-7-11(9)14-16-12(2,3)13(4,5)17-14;9-6-3-1-2-5(4-6)7(10)8(11)12/h6-12,18,25H,1-5H3,(H,24,26);6-8H,15H2,1-5H3;1-4,7,10H,(H,11,12). The van der Waals surface area contributed by atoms with E-state index < -0.39 is 54.0 Å². The Balaban J connectivity index is 0.000000210. The Labute approximate surface area is 333 Å². The van der Waals surface area contributed by atoms with Gasteiger partial charge in [0, 0.05) is 11.4 Å². The van der Waals surface area contributed by atoms with Crippen molar-refractivity contribution in [1.29, 1.82) is 0 Å². The number of carbonyl (C=O) groups excluding carboxylic acids is 1. The van der Waals surface area contributed by atoms with Crippen LogP contribution in [0, 0.1) is 25.5 Å². The van der Waals surface area contributed by atoms with Crippen molar-refractivity contribution < 1.29 is 52.3 Å². The summed E-state index contributed by atoms with van der Waals surface area (Å²) in [5, 5.41) is 30.1. The number of carbonyl (C=O) groups is 2. The number of nitrogen functional groups attached to an aromatic ring is 1. The highest BCUT2D eigenvalue weighted by atomic mass is 19.1. The second-order valence-corrected chi connectivity index (χ2v) is 16.1. The maximum absolute atomic E-state index is 13.3. The van der Waals surface area contributed by atoms with Crippen molar-refractivity contribution in [3.8, 4) is 0 Å². The SMILES string of the molecule is Cc1cc(N)ccc1B1OC(C)(C)C(C)(C)O1.Cc1cc(NC(=O)C(O)c2cccc(F)c2)ccc1B1OC(C)(C)C(C)(C)O1.O=C(O)C(O)c1cccc(F)c1. The third-order valence-corrected chi connectivity index (χ3v) is 10.7. The van der Waals surface area contributed by atoms with Crippen LogP contribution < -0.4 is 22.0 Å². The molecule has 15 heteroatoms. The Morgan fingerprint density at radius 3 is 1.42 bits per heavy atom. The van der Waals surface area contributed by atoms with Gasteiger partial charge in [-0.05, 0) is 151 Å². The molecule has 2 unspecified atom stereocenters. The van der Waals surface area contributed by atoms with Gasteiger partial charge in [0.1, 0.15) is 11.6 Å². The van der Waals surface area contributed by atoms with Gasteiger partial charge in [0.25, 0.3) is 5.91 Å². The molecule has 6 N–H and O–H groups in total. The van der Waals surface area contributed by atoms with E-state index in [0.717, 1.165) is 39.9 Å². The molecular weight excluding hydrogens is 736 g/mol. The number of anilines is 2. The lowest BCUT2D eigenvalue weighted by atomic mass is 9.76. The maximum Gasteiger partial charge on any atom is 0.495 e. The fourth-order valence-electron chi connectivity index (χ4n) is 5.78. The van der Waals surface area contributed by atoms with E-state index in [4.69, 9.17) is 34.6 Å². The van der Waals surface area contributed by atoms with E-state index in [2.05, 4.69) is 33.0 Å². The lowest BCUT2D eigenvalue weighted by Crippen LogP contribution is -2.41. The van der Waals surface area contributed by atoms with Crippen molar-refractivity contribution in [2.24, 2.45) is 0 Å². The third-order valence-electron chi connectivity index (χ3n) is 10.7. The van der Waals surface area contributed by atoms with Crippen LogP contribution in [0.3, 0.4) is 0 Å². The van der Waals surface area contributed by atoms with Gasteiger partial charge in [-0.2, -0.15) is 0 Å². The van der Waals surface area contributed by atoms with Crippen molar-refractivity contribution in [1.82, 2.24) is 0 Å². The molecule has 4 aromatic rings. The zero-order valence-corrected chi connectivity index (χ0v) is 34.0. The summed E-state index contributed by atoms with van der Waals surface area (Å²) in [6.45, 7) is 20.1. The Hall–Kier alpha value is -4.63. The van der Waals surface area contributed by atoms with E-state index in [1.54, 1.807) is 12.1 Å². The van der Waals surface area contributed by atoms with Crippen molar-refractivity contribution in [2.45, 2.75) is 104 Å². The molecule has 57 heavy (non-hydrogen) atoms. The van der Waals surface area contributed by atoms with Crippen LogP contribution in [0.4, 0.5) is 20.2 Å². The summed E-state index contributed by atoms with van der Waals surface area (Å²) >= 11 is 0. The van der Waals surface area contributed by atoms with Crippen molar-refractivity contribution in [3.05, 3.63) is 119 Å². The van der Waals surface area contributed by atoms with Crippen LogP contribution in [0.2, 0.25) is 0 Å². The Morgan fingerprint density at radius 2 is 1.04 bits per heavy atom. The number of halogens is 2. The average Bonchev–Trinajstić information content (AvgIpc) is 3.46. The van der Waals surface area contributed by atoms with Crippen LogP contribution >= 0.6 is 0 Å². The number of carboxylic acid groups (broad SMARTS) is 1. The first-order valence-corrected chi connectivity index (χ1v) is 18.4. The van der Waals surface area contributed by atoms with E-state index in [1.807, 2.05) is 65.8 Å². The minimum atomic E-state index is -1.65. The van der Waals surface area contributed by atoms with Gasteiger partial charge < -0.3 is 45.0 Å². The normalized spacial score (nSPS) is 18.4. The van der Waals surface area contributed by atoms with Crippen LogP contribution in [0.1, 0.15) is 89.9 Å². The Kier molecular flexibility index (Phi) is 13.8. The molecule has 0 spiro atoms. The molecule has 4 aromatic carbocycles.